The molecule has 8 heteroatoms. The average Bonchev–Trinajstić information content (AvgIpc) is 2.57. The van der Waals surface area contributed by atoms with Crippen molar-refractivity contribution < 1.29 is 23.0 Å². The van der Waals surface area contributed by atoms with Gasteiger partial charge in [0, 0.05) is 37.9 Å². The van der Waals surface area contributed by atoms with Crippen LogP contribution in [0, 0.1) is 5.82 Å². The maximum Gasteiger partial charge on any atom is 0.243 e. The van der Waals surface area contributed by atoms with E-state index in [1.54, 1.807) is 6.07 Å². The third-order valence-corrected chi connectivity index (χ3v) is 5.88. The van der Waals surface area contributed by atoms with E-state index < -0.39 is 21.6 Å². The van der Waals surface area contributed by atoms with Gasteiger partial charge in [-0.15, -0.1) is 0 Å². The minimum Gasteiger partial charge on any atom is -0.508 e. The van der Waals surface area contributed by atoms with Gasteiger partial charge in [-0.25, -0.2) is 12.8 Å². The molecule has 1 aliphatic heterocycles. The molecule has 1 aliphatic rings. The van der Waals surface area contributed by atoms with Crippen LogP contribution in [0.4, 0.5) is 10.1 Å². The number of hydrogen-bond donors (Lipinski definition) is 2. The van der Waals surface area contributed by atoms with E-state index in [9.17, 15) is 23.0 Å². The van der Waals surface area contributed by atoms with Crippen molar-refractivity contribution in [3.05, 3.63) is 48.3 Å². The van der Waals surface area contributed by atoms with Crippen LogP contribution in [0.3, 0.4) is 0 Å². The lowest BCUT2D eigenvalue weighted by molar-refractivity contribution is 0.383. The van der Waals surface area contributed by atoms with Crippen LogP contribution in [0.15, 0.2) is 47.4 Å². The van der Waals surface area contributed by atoms with Gasteiger partial charge in [-0.2, -0.15) is 4.31 Å². The van der Waals surface area contributed by atoms with Crippen molar-refractivity contribution in [2.24, 2.45) is 0 Å². The summed E-state index contributed by atoms with van der Waals surface area (Å²) in [6, 6.07) is 9.63. The Morgan fingerprint density at radius 1 is 0.958 bits per heavy atom. The van der Waals surface area contributed by atoms with Crippen LogP contribution < -0.4 is 4.90 Å². The summed E-state index contributed by atoms with van der Waals surface area (Å²) >= 11 is 0. The topological polar surface area (TPSA) is 81.1 Å². The lowest BCUT2D eigenvalue weighted by atomic mass is 10.2. The molecule has 0 bridgehead atoms. The van der Waals surface area contributed by atoms with Crippen molar-refractivity contribution in [3.8, 4) is 11.5 Å². The molecular formula is C16H17FN2O4S. The Morgan fingerprint density at radius 2 is 1.67 bits per heavy atom. The highest BCUT2D eigenvalue weighted by atomic mass is 32.2. The van der Waals surface area contributed by atoms with Crippen LogP contribution in [0.5, 0.6) is 11.5 Å². The van der Waals surface area contributed by atoms with Gasteiger partial charge >= 0.3 is 0 Å². The molecule has 6 nitrogen and oxygen atoms in total. The van der Waals surface area contributed by atoms with E-state index in [1.807, 2.05) is 4.90 Å². The van der Waals surface area contributed by atoms with Crippen molar-refractivity contribution in [2.45, 2.75) is 4.90 Å². The molecule has 0 radical (unpaired) electrons. The number of hydrogen-bond acceptors (Lipinski definition) is 5. The Morgan fingerprint density at radius 3 is 2.29 bits per heavy atom. The zero-order valence-corrected chi connectivity index (χ0v) is 13.6. The minimum atomic E-state index is -3.67. The zero-order valence-electron chi connectivity index (χ0n) is 12.8. The molecular weight excluding hydrogens is 335 g/mol. The van der Waals surface area contributed by atoms with E-state index in [2.05, 4.69) is 0 Å². The van der Waals surface area contributed by atoms with Gasteiger partial charge in [-0.05, 0) is 30.3 Å². The zero-order chi connectivity index (χ0) is 17.3. The van der Waals surface area contributed by atoms with Crippen LogP contribution in [-0.2, 0) is 10.0 Å². The summed E-state index contributed by atoms with van der Waals surface area (Å²) in [5, 5.41) is 18.9. The summed E-state index contributed by atoms with van der Waals surface area (Å²) in [5.74, 6) is -1.22. The standard InChI is InChI=1S/C16H17FN2O4S/c17-15-5-4-12(10-16(15)21)18-6-8-19(9-7-18)24(22,23)14-3-1-2-13(20)11-14/h1-5,10-11,20-21H,6-9H2. The van der Waals surface area contributed by atoms with Crippen molar-refractivity contribution in [1.82, 2.24) is 4.31 Å². The molecule has 128 valence electrons. The number of piperazine rings is 1. The Kier molecular flexibility index (Phi) is 4.33. The van der Waals surface area contributed by atoms with E-state index in [-0.39, 0.29) is 23.7 Å². The Hall–Kier alpha value is -2.32. The van der Waals surface area contributed by atoms with Gasteiger partial charge in [-0.3, -0.25) is 0 Å². The molecule has 0 aliphatic carbocycles. The first-order chi connectivity index (χ1) is 11.4. The monoisotopic (exact) mass is 352 g/mol. The molecule has 0 amide bonds. The Labute approximate surface area is 139 Å². The van der Waals surface area contributed by atoms with Gasteiger partial charge in [0.15, 0.2) is 11.6 Å². The molecule has 0 spiro atoms. The smallest absolute Gasteiger partial charge is 0.243 e. The van der Waals surface area contributed by atoms with Gasteiger partial charge in [0.2, 0.25) is 10.0 Å². The summed E-state index contributed by atoms with van der Waals surface area (Å²) in [6.07, 6.45) is 0. The summed E-state index contributed by atoms with van der Waals surface area (Å²) < 4.78 is 39.7. The Bertz CT molecular complexity index is 849. The normalized spacial score (nSPS) is 16.3. The minimum absolute atomic E-state index is 0.0513. The second kappa shape index (κ2) is 6.29. The summed E-state index contributed by atoms with van der Waals surface area (Å²) in [4.78, 5) is 1.93. The molecule has 0 aromatic heterocycles. The first-order valence-corrected chi connectivity index (χ1v) is 8.84. The molecule has 1 heterocycles. The molecule has 1 saturated heterocycles. The number of halogens is 1. The van der Waals surface area contributed by atoms with Gasteiger partial charge in [0.05, 0.1) is 4.90 Å². The molecule has 0 atom stereocenters. The van der Waals surface area contributed by atoms with Crippen LogP contribution in [0.25, 0.3) is 0 Å². The van der Waals surface area contributed by atoms with Gasteiger partial charge in [-0.1, -0.05) is 6.07 Å². The Balaban J connectivity index is 1.73. The number of rotatable bonds is 3. The van der Waals surface area contributed by atoms with E-state index in [0.29, 0.717) is 18.8 Å². The summed E-state index contributed by atoms with van der Waals surface area (Å²) in [6.45, 7) is 1.36. The predicted molar refractivity (Wildman–Crippen MR) is 87.1 cm³/mol. The summed E-state index contributed by atoms with van der Waals surface area (Å²) in [7, 11) is -3.67. The molecule has 0 unspecified atom stereocenters. The fourth-order valence-corrected chi connectivity index (χ4v) is 4.14. The quantitative estimate of drug-likeness (QED) is 0.880. The number of phenolic OH excluding ortho intramolecular Hbond substituents is 2. The van der Waals surface area contributed by atoms with Crippen LogP contribution in [0.2, 0.25) is 0 Å². The van der Waals surface area contributed by atoms with E-state index in [1.165, 1.54) is 40.7 Å². The maximum atomic E-state index is 13.1. The fraction of sp³-hybridized carbons (Fsp3) is 0.250. The predicted octanol–water partition coefficient (Wildman–Crippen LogP) is 1.75. The van der Waals surface area contributed by atoms with E-state index >= 15 is 0 Å². The maximum absolute atomic E-state index is 13.1. The van der Waals surface area contributed by atoms with Gasteiger partial charge in [0.1, 0.15) is 5.75 Å². The van der Waals surface area contributed by atoms with Crippen molar-refractivity contribution in [2.75, 3.05) is 31.1 Å². The first kappa shape index (κ1) is 16.5. The van der Waals surface area contributed by atoms with E-state index in [4.69, 9.17) is 0 Å². The second-order valence-electron chi connectivity index (χ2n) is 5.52. The highest BCUT2D eigenvalue weighted by Crippen LogP contribution is 2.26. The largest absolute Gasteiger partial charge is 0.508 e. The molecule has 2 N–H and O–H groups in total. The molecule has 1 fully saturated rings. The number of phenols is 2. The number of sulfonamides is 1. The molecule has 2 aromatic rings. The van der Waals surface area contributed by atoms with Crippen LogP contribution in [0.1, 0.15) is 0 Å². The van der Waals surface area contributed by atoms with Crippen molar-refractivity contribution in [1.29, 1.82) is 0 Å². The number of nitrogens with zero attached hydrogens (tertiary/aromatic N) is 2. The number of aromatic hydroxyl groups is 2. The third kappa shape index (κ3) is 3.15. The van der Waals surface area contributed by atoms with Crippen molar-refractivity contribution in [3.63, 3.8) is 0 Å². The number of benzene rings is 2. The summed E-state index contributed by atoms with van der Waals surface area (Å²) in [5.41, 5.74) is 0.642. The second-order valence-corrected chi connectivity index (χ2v) is 7.46. The molecule has 2 aromatic carbocycles. The SMILES string of the molecule is O=S(=O)(c1cccc(O)c1)N1CCN(c2ccc(F)c(O)c2)CC1. The first-order valence-electron chi connectivity index (χ1n) is 7.40. The van der Waals surface area contributed by atoms with E-state index in [0.717, 1.165) is 0 Å². The fourth-order valence-electron chi connectivity index (χ4n) is 2.68. The lowest BCUT2D eigenvalue weighted by Gasteiger charge is -2.35. The molecule has 24 heavy (non-hydrogen) atoms. The van der Waals surface area contributed by atoms with Gasteiger partial charge in [0.25, 0.3) is 0 Å². The highest BCUT2D eigenvalue weighted by molar-refractivity contribution is 7.89. The molecule has 0 saturated carbocycles. The lowest BCUT2D eigenvalue weighted by Crippen LogP contribution is -2.48. The van der Waals surface area contributed by atoms with Crippen LogP contribution in [-0.4, -0.2) is 49.1 Å². The van der Waals surface area contributed by atoms with Crippen molar-refractivity contribution >= 4 is 15.7 Å². The third-order valence-electron chi connectivity index (χ3n) is 3.99. The number of anilines is 1. The van der Waals surface area contributed by atoms with Crippen LogP contribution >= 0.6 is 0 Å². The highest BCUT2D eigenvalue weighted by Gasteiger charge is 2.29. The molecule has 3 rings (SSSR count). The van der Waals surface area contributed by atoms with Gasteiger partial charge < -0.3 is 15.1 Å². The average molecular weight is 352 g/mol.